The van der Waals surface area contributed by atoms with Gasteiger partial charge < -0.3 is 4.74 Å². The van der Waals surface area contributed by atoms with Crippen molar-refractivity contribution in [1.82, 2.24) is 9.97 Å². The van der Waals surface area contributed by atoms with Crippen LogP contribution < -0.4 is 0 Å². The molecule has 0 bridgehead atoms. The first-order valence-corrected chi connectivity index (χ1v) is 7.37. The molecule has 0 spiro atoms. The van der Waals surface area contributed by atoms with Gasteiger partial charge in [-0.05, 0) is 25.7 Å². The van der Waals surface area contributed by atoms with E-state index in [9.17, 15) is 0 Å². The van der Waals surface area contributed by atoms with Gasteiger partial charge in [-0.25, -0.2) is 9.97 Å². The van der Waals surface area contributed by atoms with Gasteiger partial charge in [-0.3, -0.25) is 0 Å². The maximum Gasteiger partial charge on any atom is 0.157 e. The number of hydrogen-bond donors (Lipinski definition) is 0. The van der Waals surface area contributed by atoms with E-state index in [4.69, 9.17) is 16.3 Å². The summed E-state index contributed by atoms with van der Waals surface area (Å²) in [7, 11) is 0. The molecule has 1 heterocycles. The minimum Gasteiger partial charge on any atom is -0.370 e. The molecule has 0 aliphatic heterocycles. The SMILES string of the molecule is CCOC(c1ncc(CCl)cn1)C1CCCCC1. The Hall–Kier alpha value is -0.670. The van der Waals surface area contributed by atoms with E-state index in [-0.39, 0.29) is 6.10 Å². The number of ether oxygens (including phenoxy) is 1. The molecule has 2 rings (SSSR count). The van der Waals surface area contributed by atoms with Crippen LogP contribution in [0.15, 0.2) is 12.4 Å². The second-order valence-electron chi connectivity index (χ2n) is 4.86. The van der Waals surface area contributed by atoms with E-state index >= 15 is 0 Å². The molecular weight excluding hydrogens is 248 g/mol. The van der Waals surface area contributed by atoms with Crippen molar-refractivity contribution in [3.63, 3.8) is 0 Å². The highest BCUT2D eigenvalue weighted by Crippen LogP contribution is 2.35. The predicted octanol–water partition coefficient (Wildman–Crippen LogP) is 3.87. The van der Waals surface area contributed by atoms with Gasteiger partial charge in [-0.15, -0.1) is 11.6 Å². The highest BCUT2D eigenvalue weighted by Gasteiger charge is 2.27. The molecule has 1 atom stereocenters. The Morgan fingerprint density at radius 2 is 1.94 bits per heavy atom. The average molecular weight is 269 g/mol. The molecule has 1 aliphatic rings. The molecule has 18 heavy (non-hydrogen) atoms. The Morgan fingerprint density at radius 1 is 1.28 bits per heavy atom. The predicted molar refractivity (Wildman–Crippen MR) is 72.5 cm³/mol. The zero-order chi connectivity index (χ0) is 12.8. The molecule has 3 nitrogen and oxygen atoms in total. The van der Waals surface area contributed by atoms with E-state index in [0.717, 1.165) is 11.4 Å². The van der Waals surface area contributed by atoms with E-state index in [2.05, 4.69) is 9.97 Å². The summed E-state index contributed by atoms with van der Waals surface area (Å²) in [6.45, 7) is 2.74. The van der Waals surface area contributed by atoms with Crippen molar-refractivity contribution < 1.29 is 4.74 Å². The summed E-state index contributed by atoms with van der Waals surface area (Å²) in [5.41, 5.74) is 0.958. The van der Waals surface area contributed by atoms with Gasteiger partial charge in [0.25, 0.3) is 0 Å². The van der Waals surface area contributed by atoms with Gasteiger partial charge in [0.1, 0.15) is 6.10 Å². The number of nitrogens with zero attached hydrogens (tertiary/aromatic N) is 2. The molecule has 0 amide bonds. The van der Waals surface area contributed by atoms with Crippen molar-refractivity contribution in [3.05, 3.63) is 23.8 Å². The number of hydrogen-bond acceptors (Lipinski definition) is 3. The van der Waals surface area contributed by atoms with Crippen molar-refractivity contribution in [2.24, 2.45) is 5.92 Å². The van der Waals surface area contributed by atoms with E-state index in [1.54, 1.807) is 0 Å². The lowest BCUT2D eigenvalue weighted by atomic mass is 9.85. The zero-order valence-corrected chi connectivity index (χ0v) is 11.7. The molecule has 1 saturated carbocycles. The van der Waals surface area contributed by atoms with E-state index < -0.39 is 0 Å². The first-order chi connectivity index (χ1) is 8.85. The van der Waals surface area contributed by atoms with Crippen molar-refractivity contribution in [3.8, 4) is 0 Å². The topological polar surface area (TPSA) is 35.0 Å². The Labute approximate surface area is 114 Å². The molecule has 1 fully saturated rings. The van der Waals surface area contributed by atoms with Gasteiger partial charge in [0.15, 0.2) is 5.82 Å². The van der Waals surface area contributed by atoms with Gasteiger partial charge >= 0.3 is 0 Å². The van der Waals surface area contributed by atoms with Crippen LogP contribution in [0.25, 0.3) is 0 Å². The third kappa shape index (κ3) is 3.42. The quantitative estimate of drug-likeness (QED) is 0.761. The summed E-state index contributed by atoms with van der Waals surface area (Å²) in [6.07, 6.45) is 10.1. The van der Waals surface area contributed by atoms with Gasteiger partial charge in [-0.2, -0.15) is 0 Å². The van der Waals surface area contributed by atoms with Crippen molar-refractivity contribution in [2.45, 2.75) is 51.0 Å². The van der Waals surface area contributed by atoms with Crippen LogP contribution in [0.2, 0.25) is 0 Å². The molecule has 0 aromatic carbocycles. The van der Waals surface area contributed by atoms with Gasteiger partial charge in [0.05, 0.1) is 5.88 Å². The molecule has 1 aromatic heterocycles. The summed E-state index contributed by atoms with van der Waals surface area (Å²) in [5, 5.41) is 0. The fraction of sp³-hybridized carbons (Fsp3) is 0.714. The monoisotopic (exact) mass is 268 g/mol. The van der Waals surface area contributed by atoms with Crippen LogP contribution in [-0.2, 0) is 10.6 Å². The lowest BCUT2D eigenvalue weighted by Gasteiger charge is -2.28. The Bertz CT molecular complexity index is 349. The van der Waals surface area contributed by atoms with Crippen LogP contribution in [0.5, 0.6) is 0 Å². The highest BCUT2D eigenvalue weighted by atomic mass is 35.5. The maximum atomic E-state index is 5.88. The summed E-state index contributed by atoms with van der Waals surface area (Å²) in [5.74, 6) is 1.85. The standard InChI is InChI=1S/C14H21ClN2O/c1-2-18-13(12-6-4-3-5-7-12)14-16-9-11(8-15)10-17-14/h9-10,12-13H,2-8H2,1H3. The molecule has 1 unspecified atom stereocenters. The lowest BCUT2D eigenvalue weighted by molar-refractivity contribution is -0.000221. The minimum absolute atomic E-state index is 0.0553. The largest absolute Gasteiger partial charge is 0.370 e. The maximum absolute atomic E-state index is 5.88. The molecule has 4 heteroatoms. The molecule has 1 aromatic rings. The summed E-state index contributed by atoms with van der Waals surface area (Å²) in [6, 6.07) is 0. The van der Waals surface area contributed by atoms with Crippen molar-refractivity contribution in [1.29, 1.82) is 0 Å². The van der Waals surface area contributed by atoms with Gasteiger partial charge in [0, 0.05) is 24.6 Å². The third-order valence-electron chi connectivity index (χ3n) is 3.56. The van der Waals surface area contributed by atoms with Gasteiger partial charge in [0.2, 0.25) is 0 Å². The van der Waals surface area contributed by atoms with Crippen LogP contribution >= 0.6 is 11.6 Å². The van der Waals surface area contributed by atoms with E-state index in [1.165, 1.54) is 32.1 Å². The Kier molecular flexibility index (Phi) is 5.39. The van der Waals surface area contributed by atoms with Crippen molar-refractivity contribution in [2.75, 3.05) is 6.61 Å². The first-order valence-electron chi connectivity index (χ1n) is 6.83. The molecule has 100 valence electrons. The fourth-order valence-electron chi connectivity index (χ4n) is 2.62. The second-order valence-corrected chi connectivity index (χ2v) is 5.12. The smallest absolute Gasteiger partial charge is 0.157 e. The van der Waals surface area contributed by atoms with Gasteiger partial charge in [-0.1, -0.05) is 19.3 Å². The van der Waals surface area contributed by atoms with E-state index in [0.29, 0.717) is 18.4 Å². The molecule has 0 saturated heterocycles. The van der Waals surface area contributed by atoms with Crippen LogP contribution in [0, 0.1) is 5.92 Å². The summed E-state index contributed by atoms with van der Waals surface area (Å²) < 4.78 is 5.88. The lowest BCUT2D eigenvalue weighted by Crippen LogP contribution is -2.21. The fourth-order valence-corrected chi connectivity index (χ4v) is 2.76. The van der Waals surface area contributed by atoms with Crippen LogP contribution in [0.1, 0.15) is 56.5 Å². The average Bonchev–Trinajstić information content (AvgIpc) is 2.46. The molecular formula is C14H21ClN2O. The summed E-state index contributed by atoms with van der Waals surface area (Å²) in [4.78, 5) is 8.85. The number of rotatable bonds is 5. The minimum atomic E-state index is 0.0553. The van der Waals surface area contributed by atoms with E-state index in [1.807, 2.05) is 19.3 Å². The second kappa shape index (κ2) is 7.05. The van der Waals surface area contributed by atoms with Crippen molar-refractivity contribution >= 4 is 11.6 Å². The normalized spacial score (nSPS) is 18.8. The number of aromatic nitrogens is 2. The third-order valence-corrected chi connectivity index (χ3v) is 3.87. The zero-order valence-electron chi connectivity index (χ0n) is 10.9. The number of alkyl halides is 1. The number of halogens is 1. The highest BCUT2D eigenvalue weighted by molar-refractivity contribution is 6.17. The molecule has 0 radical (unpaired) electrons. The van der Waals surface area contributed by atoms with Crippen LogP contribution in [0.3, 0.4) is 0 Å². The van der Waals surface area contributed by atoms with Crippen LogP contribution in [-0.4, -0.2) is 16.6 Å². The van der Waals surface area contributed by atoms with Crippen LogP contribution in [0.4, 0.5) is 0 Å². The summed E-state index contributed by atoms with van der Waals surface area (Å²) >= 11 is 5.76. The molecule has 0 N–H and O–H groups in total. The molecule has 1 aliphatic carbocycles. The Balaban J connectivity index is 2.11. The Morgan fingerprint density at radius 3 is 2.50 bits per heavy atom. The first kappa shape index (κ1) is 13.8.